The number of aryl methyl sites for hydroxylation is 2. The van der Waals surface area contributed by atoms with Crippen LogP contribution in [0.25, 0.3) is 16.9 Å². The average Bonchev–Trinajstić information content (AvgIpc) is 3.35. The smallest absolute Gasteiger partial charge is 0.128 e. The van der Waals surface area contributed by atoms with Crippen molar-refractivity contribution in [1.29, 1.82) is 0 Å². The zero-order valence-corrected chi connectivity index (χ0v) is 20.6. The van der Waals surface area contributed by atoms with Gasteiger partial charge in [-0.15, -0.1) is 0 Å². The zero-order chi connectivity index (χ0) is 24.4. The van der Waals surface area contributed by atoms with E-state index in [9.17, 15) is 0 Å². The molecule has 2 aromatic heterocycles. The van der Waals surface area contributed by atoms with E-state index in [1.807, 2.05) is 55.0 Å². The third kappa shape index (κ3) is 4.60. The van der Waals surface area contributed by atoms with Crippen molar-refractivity contribution in [2.45, 2.75) is 33.1 Å². The first-order chi connectivity index (χ1) is 16.9. The van der Waals surface area contributed by atoms with Crippen LogP contribution in [0.1, 0.15) is 36.2 Å². The molecule has 0 aliphatic heterocycles. The summed E-state index contributed by atoms with van der Waals surface area (Å²) in [5, 5.41) is 0. The second kappa shape index (κ2) is 9.22. The number of pyridine rings is 1. The fraction of sp³-hybridized carbons (Fsp3) is 0.161. The van der Waals surface area contributed by atoms with Gasteiger partial charge < -0.3 is 9.30 Å². The van der Waals surface area contributed by atoms with Gasteiger partial charge in [0, 0.05) is 23.4 Å². The van der Waals surface area contributed by atoms with Crippen LogP contribution in [0.2, 0.25) is 0 Å². The van der Waals surface area contributed by atoms with E-state index in [1.54, 1.807) is 0 Å². The summed E-state index contributed by atoms with van der Waals surface area (Å²) in [6.45, 7) is 8.61. The minimum atomic E-state index is -0.233. The molecule has 0 amide bonds. The lowest BCUT2D eigenvalue weighted by Gasteiger charge is -2.25. The summed E-state index contributed by atoms with van der Waals surface area (Å²) in [6, 6.07) is 28.7. The van der Waals surface area contributed by atoms with Crippen molar-refractivity contribution in [2.24, 2.45) is 0 Å². The molecule has 0 aliphatic rings. The molecule has 0 spiro atoms. The Bertz CT molecular complexity index is 1450. The van der Waals surface area contributed by atoms with Crippen molar-refractivity contribution < 1.29 is 4.74 Å². The molecule has 5 rings (SSSR count). The molecule has 5 aromatic rings. The fourth-order valence-electron chi connectivity index (χ4n) is 4.49. The summed E-state index contributed by atoms with van der Waals surface area (Å²) >= 11 is 0. The molecule has 0 N–H and O–H groups in total. The number of ether oxygens (including phenoxy) is 1. The SMILES string of the molecule is Cc1cccc(C)c1-n1cnc(-c2cccc(Oc3cccc(C(C)(C)c4ccccn4)c3)c2)c1. The highest BCUT2D eigenvalue weighted by Crippen LogP contribution is 2.34. The van der Waals surface area contributed by atoms with E-state index in [-0.39, 0.29) is 5.41 Å². The van der Waals surface area contributed by atoms with Crippen LogP contribution < -0.4 is 4.74 Å². The van der Waals surface area contributed by atoms with Crippen LogP contribution in [0.4, 0.5) is 0 Å². The van der Waals surface area contributed by atoms with E-state index in [2.05, 4.69) is 90.9 Å². The summed E-state index contributed by atoms with van der Waals surface area (Å²) in [7, 11) is 0. The van der Waals surface area contributed by atoms with Crippen LogP contribution in [-0.2, 0) is 5.41 Å². The summed E-state index contributed by atoms with van der Waals surface area (Å²) < 4.78 is 8.38. The number of hydrogen-bond acceptors (Lipinski definition) is 3. The molecular formula is C31H29N3O. The lowest BCUT2D eigenvalue weighted by molar-refractivity contribution is 0.479. The van der Waals surface area contributed by atoms with Crippen molar-refractivity contribution in [3.63, 3.8) is 0 Å². The normalized spacial score (nSPS) is 11.4. The van der Waals surface area contributed by atoms with Crippen molar-refractivity contribution in [2.75, 3.05) is 0 Å². The van der Waals surface area contributed by atoms with Gasteiger partial charge in [0.25, 0.3) is 0 Å². The van der Waals surface area contributed by atoms with Gasteiger partial charge in [-0.1, -0.05) is 62.4 Å². The maximum absolute atomic E-state index is 6.29. The van der Waals surface area contributed by atoms with Gasteiger partial charge in [-0.05, 0) is 66.9 Å². The Balaban J connectivity index is 1.40. The van der Waals surface area contributed by atoms with Gasteiger partial charge in [0.15, 0.2) is 0 Å². The van der Waals surface area contributed by atoms with E-state index in [0.29, 0.717) is 0 Å². The molecule has 4 heteroatoms. The van der Waals surface area contributed by atoms with Crippen LogP contribution in [0.5, 0.6) is 11.5 Å². The van der Waals surface area contributed by atoms with Gasteiger partial charge in [0.05, 0.1) is 23.4 Å². The minimum absolute atomic E-state index is 0.233. The van der Waals surface area contributed by atoms with Crippen LogP contribution in [0, 0.1) is 13.8 Å². The van der Waals surface area contributed by atoms with Crippen molar-refractivity contribution >= 4 is 0 Å². The summed E-state index contributed by atoms with van der Waals surface area (Å²) in [6.07, 6.45) is 5.79. The first kappa shape index (κ1) is 22.6. The average molecular weight is 460 g/mol. The maximum Gasteiger partial charge on any atom is 0.128 e. The standard InChI is InChI=1S/C31H29N3O/c1-22-10-7-11-23(2)30(22)34-20-28(33-21-34)24-12-8-14-26(18-24)35-27-15-9-13-25(19-27)31(3,4)29-16-5-6-17-32-29/h5-21H,1-4H3. The fourth-order valence-corrected chi connectivity index (χ4v) is 4.49. The molecule has 0 fully saturated rings. The molecular weight excluding hydrogens is 430 g/mol. The molecule has 3 aromatic carbocycles. The van der Waals surface area contributed by atoms with E-state index in [1.165, 1.54) is 16.8 Å². The number of benzene rings is 3. The highest BCUT2D eigenvalue weighted by molar-refractivity contribution is 5.62. The third-order valence-corrected chi connectivity index (χ3v) is 6.51. The van der Waals surface area contributed by atoms with Gasteiger partial charge in [-0.25, -0.2) is 4.98 Å². The molecule has 4 nitrogen and oxygen atoms in total. The Hall–Kier alpha value is -4.18. The summed E-state index contributed by atoms with van der Waals surface area (Å²) in [5.41, 5.74) is 7.48. The molecule has 0 unspecified atom stereocenters. The number of hydrogen-bond donors (Lipinski definition) is 0. The number of rotatable bonds is 6. The van der Waals surface area contributed by atoms with Crippen molar-refractivity contribution in [3.8, 4) is 28.4 Å². The Morgan fingerprint density at radius 3 is 2.20 bits per heavy atom. The Labute approximate surface area is 206 Å². The van der Waals surface area contributed by atoms with Gasteiger partial charge in [-0.3, -0.25) is 4.98 Å². The van der Waals surface area contributed by atoms with E-state index in [4.69, 9.17) is 4.74 Å². The second-order valence-electron chi connectivity index (χ2n) is 9.40. The monoisotopic (exact) mass is 459 g/mol. The second-order valence-corrected chi connectivity index (χ2v) is 9.40. The van der Waals surface area contributed by atoms with E-state index < -0.39 is 0 Å². The molecule has 0 saturated heterocycles. The van der Waals surface area contributed by atoms with Crippen molar-refractivity contribution in [1.82, 2.24) is 14.5 Å². The number of nitrogens with zero attached hydrogens (tertiary/aromatic N) is 3. The molecule has 0 atom stereocenters. The lowest BCUT2D eigenvalue weighted by Crippen LogP contribution is -2.20. The largest absolute Gasteiger partial charge is 0.457 e. The number of para-hydroxylation sites is 1. The van der Waals surface area contributed by atoms with Crippen molar-refractivity contribution in [3.05, 3.63) is 126 Å². The summed E-state index contributed by atoms with van der Waals surface area (Å²) in [5.74, 6) is 1.57. The zero-order valence-electron chi connectivity index (χ0n) is 20.6. The first-order valence-corrected chi connectivity index (χ1v) is 11.8. The number of imidazole rings is 1. The molecule has 2 heterocycles. The van der Waals surface area contributed by atoms with Gasteiger partial charge in [0.1, 0.15) is 11.5 Å². The third-order valence-electron chi connectivity index (χ3n) is 6.51. The van der Waals surface area contributed by atoms with Crippen LogP contribution in [0.3, 0.4) is 0 Å². The van der Waals surface area contributed by atoms with Crippen LogP contribution in [0.15, 0.2) is 104 Å². The highest BCUT2D eigenvalue weighted by atomic mass is 16.5. The van der Waals surface area contributed by atoms with Gasteiger partial charge in [-0.2, -0.15) is 0 Å². The topological polar surface area (TPSA) is 39.9 Å². The van der Waals surface area contributed by atoms with E-state index in [0.717, 1.165) is 34.0 Å². The Morgan fingerprint density at radius 1 is 0.743 bits per heavy atom. The Kier molecular flexibility index (Phi) is 5.96. The van der Waals surface area contributed by atoms with Crippen LogP contribution >= 0.6 is 0 Å². The molecule has 0 radical (unpaired) electrons. The van der Waals surface area contributed by atoms with Gasteiger partial charge >= 0.3 is 0 Å². The molecule has 35 heavy (non-hydrogen) atoms. The van der Waals surface area contributed by atoms with Crippen LogP contribution in [-0.4, -0.2) is 14.5 Å². The first-order valence-electron chi connectivity index (χ1n) is 11.8. The maximum atomic E-state index is 6.29. The predicted octanol–water partition coefficient (Wildman–Crippen LogP) is 7.67. The molecule has 174 valence electrons. The summed E-state index contributed by atoms with van der Waals surface area (Å²) in [4.78, 5) is 9.24. The number of aromatic nitrogens is 3. The highest BCUT2D eigenvalue weighted by Gasteiger charge is 2.24. The molecule has 0 saturated carbocycles. The molecule has 0 bridgehead atoms. The minimum Gasteiger partial charge on any atom is -0.457 e. The predicted molar refractivity (Wildman–Crippen MR) is 141 cm³/mol. The quantitative estimate of drug-likeness (QED) is 0.261. The van der Waals surface area contributed by atoms with E-state index >= 15 is 0 Å². The Morgan fingerprint density at radius 2 is 1.46 bits per heavy atom. The van der Waals surface area contributed by atoms with Gasteiger partial charge in [0.2, 0.25) is 0 Å². The molecule has 0 aliphatic carbocycles. The lowest BCUT2D eigenvalue weighted by atomic mass is 9.81.